The summed E-state index contributed by atoms with van der Waals surface area (Å²) in [6, 6.07) is 6.55. The molecule has 0 saturated heterocycles. The minimum Gasteiger partial charge on any atom is -0.313 e. The van der Waals surface area contributed by atoms with Crippen LogP contribution in [0.2, 0.25) is 0 Å². The molecule has 0 bridgehead atoms. The fraction of sp³-hybridized carbons (Fsp3) is 0.500. The van der Waals surface area contributed by atoms with Gasteiger partial charge >= 0.3 is 0 Å². The first kappa shape index (κ1) is 12.7. The van der Waals surface area contributed by atoms with Gasteiger partial charge in [-0.3, -0.25) is 4.98 Å². The topological polar surface area (TPSA) is 24.9 Å². The summed E-state index contributed by atoms with van der Waals surface area (Å²) in [4.78, 5) is 4.33. The summed E-state index contributed by atoms with van der Waals surface area (Å²) in [5.74, 6) is 6.09. The highest BCUT2D eigenvalue weighted by atomic mass is 14.9. The number of aromatic nitrogens is 1. The Hall–Kier alpha value is -1.33. The molecule has 1 rings (SSSR count). The predicted octanol–water partition coefficient (Wildman–Crippen LogP) is 2.41. The van der Waals surface area contributed by atoms with Crippen LogP contribution in [-0.2, 0) is 6.42 Å². The number of pyridine rings is 1. The minimum atomic E-state index is 0.486. The quantitative estimate of drug-likeness (QED) is 0.739. The fourth-order valence-electron chi connectivity index (χ4n) is 1.66. The standard InChI is InChI=1S/C14H20N2/c1-3-5-8-13(15-4-2)10-11-14-9-6-7-12-16-14/h6-7,9,12-13,15H,4,8,10-11H2,1-2H3. The van der Waals surface area contributed by atoms with E-state index in [9.17, 15) is 0 Å². The number of nitrogens with one attached hydrogen (secondary N) is 1. The summed E-state index contributed by atoms with van der Waals surface area (Å²) < 4.78 is 0. The van der Waals surface area contributed by atoms with Crippen LogP contribution in [0.25, 0.3) is 0 Å². The molecule has 86 valence electrons. The monoisotopic (exact) mass is 216 g/mol. The number of hydrogen-bond donors (Lipinski definition) is 1. The van der Waals surface area contributed by atoms with E-state index in [1.54, 1.807) is 0 Å². The van der Waals surface area contributed by atoms with Crippen molar-refractivity contribution in [3.63, 3.8) is 0 Å². The Morgan fingerprint density at radius 2 is 2.31 bits per heavy atom. The maximum absolute atomic E-state index is 4.33. The van der Waals surface area contributed by atoms with E-state index in [4.69, 9.17) is 0 Å². The minimum absolute atomic E-state index is 0.486. The molecule has 1 aromatic rings. The molecule has 0 amide bonds. The summed E-state index contributed by atoms with van der Waals surface area (Å²) in [5.41, 5.74) is 1.16. The molecule has 1 N–H and O–H groups in total. The molecular formula is C14H20N2. The number of nitrogens with zero attached hydrogens (tertiary/aromatic N) is 1. The van der Waals surface area contributed by atoms with Crippen LogP contribution in [0.15, 0.2) is 24.4 Å². The van der Waals surface area contributed by atoms with Crippen LogP contribution in [0.1, 0.15) is 32.4 Å². The second-order valence-electron chi connectivity index (χ2n) is 3.75. The van der Waals surface area contributed by atoms with Gasteiger partial charge in [-0.25, -0.2) is 0 Å². The summed E-state index contributed by atoms with van der Waals surface area (Å²) in [7, 11) is 0. The number of hydrogen-bond acceptors (Lipinski definition) is 2. The van der Waals surface area contributed by atoms with Crippen molar-refractivity contribution >= 4 is 0 Å². The Morgan fingerprint density at radius 3 is 2.94 bits per heavy atom. The molecule has 1 unspecified atom stereocenters. The van der Waals surface area contributed by atoms with E-state index in [-0.39, 0.29) is 0 Å². The average Bonchev–Trinajstić information content (AvgIpc) is 2.34. The molecule has 0 aliphatic heterocycles. The first-order chi connectivity index (χ1) is 7.86. The lowest BCUT2D eigenvalue weighted by Gasteiger charge is -2.14. The molecule has 0 saturated carbocycles. The number of rotatable bonds is 6. The zero-order valence-electron chi connectivity index (χ0n) is 10.2. The van der Waals surface area contributed by atoms with Gasteiger partial charge in [-0.05, 0) is 38.4 Å². The second-order valence-corrected chi connectivity index (χ2v) is 3.75. The third kappa shape index (κ3) is 4.95. The first-order valence-electron chi connectivity index (χ1n) is 5.89. The highest BCUT2D eigenvalue weighted by molar-refractivity contribution is 5.04. The molecule has 1 heterocycles. The summed E-state index contributed by atoms with van der Waals surface area (Å²) in [5, 5.41) is 3.46. The second kappa shape index (κ2) is 7.90. The SMILES string of the molecule is CC#CCC(CCc1ccccn1)NCC. The Morgan fingerprint density at radius 1 is 1.44 bits per heavy atom. The molecular weight excluding hydrogens is 196 g/mol. The van der Waals surface area contributed by atoms with E-state index >= 15 is 0 Å². The van der Waals surface area contributed by atoms with Gasteiger partial charge in [0, 0.05) is 24.4 Å². The zero-order chi connectivity index (χ0) is 11.6. The van der Waals surface area contributed by atoms with E-state index in [1.807, 2.05) is 25.3 Å². The van der Waals surface area contributed by atoms with Crippen LogP contribution in [0.4, 0.5) is 0 Å². The van der Waals surface area contributed by atoms with Crippen molar-refractivity contribution in [3.05, 3.63) is 30.1 Å². The van der Waals surface area contributed by atoms with E-state index in [1.165, 1.54) is 0 Å². The molecule has 0 aliphatic carbocycles. The van der Waals surface area contributed by atoms with Crippen LogP contribution in [0.5, 0.6) is 0 Å². The van der Waals surface area contributed by atoms with Crippen molar-refractivity contribution in [2.24, 2.45) is 0 Å². The van der Waals surface area contributed by atoms with Crippen molar-refractivity contribution in [1.82, 2.24) is 10.3 Å². The third-order valence-corrected chi connectivity index (χ3v) is 2.49. The summed E-state index contributed by atoms with van der Waals surface area (Å²) in [6.07, 6.45) is 4.89. The van der Waals surface area contributed by atoms with Crippen molar-refractivity contribution in [1.29, 1.82) is 0 Å². The number of aryl methyl sites for hydroxylation is 1. The maximum Gasteiger partial charge on any atom is 0.0404 e. The third-order valence-electron chi connectivity index (χ3n) is 2.49. The molecule has 0 fully saturated rings. The molecule has 2 heteroatoms. The molecule has 1 aromatic heterocycles. The van der Waals surface area contributed by atoms with E-state index < -0.39 is 0 Å². The predicted molar refractivity (Wildman–Crippen MR) is 68.1 cm³/mol. The van der Waals surface area contributed by atoms with Crippen molar-refractivity contribution in [2.75, 3.05) is 6.54 Å². The smallest absolute Gasteiger partial charge is 0.0404 e. The van der Waals surface area contributed by atoms with Gasteiger partial charge in [0.1, 0.15) is 0 Å². The van der Waals surface area contributed by atoms with Crippen LogP contribution < -0.4 is 5.32 Å². The lowest BCUT2D eigenvalue weighted by molar-refractivity contribution is 0.501. The maximum atomic E-state index is 4.33. The molecule has 0 aromatic carbocycles. The van der Waals surface area contributed by atoms with Gasteiger partial charge < -0.3 is 5.32 Å². The van der Waals surface area contributed by atoms with Gasteiger partial charge in [0.2, 0.25) is 0 Å². The lowest BCUT2D eigenvalue weighted by atomic mass is 10.1. The Labute approximate surface area is 98.5 Å². The molecule has 0 spiro atoms. The van der Waals surface area contributed by atoms with Crippen LogP contribution >= 0.6 is 0 Å². The van der Waals surface area contributed by atoms with Crippen LogP contribution in [0.3, 0.4) is 0 Å². The first-order valence-corrected chi connectivity index (χ1v) is 5.89. The van der Waals surface area contributed by atoms with Crippen molar-refractivity contribution in [3.8, 4) is 11.8 Å². The van der Waals surface area contributed by atoms with Gasteiger partial charge in [-0.2, -0.15) is 0 Å². The van der Waals surface area contributed by atoms with E-state index in [2.05, 4.69) is 35.1 Å². The Balaban J connectivity index is 2.39. The fourth-order valence-corrected chi connectivity index (χ4v) is 1.66. The Bertz CT molecular complexity index is 335. The van der Waals surface area contributed by atoms with Gasteiger partial charge in [0.05, 0.1) is 0 Å². The van der Waals surface area contributed by atoms with Crippen molar-refractivity contribution in [2.45, 2.75) is 39.2 Å². The lowest BCUT2D eigenvalue weighted by Crippen LogP contribution is -2.29. The van der Waals surface area contributed by atoms with Gasteiger partial charge in [-0.1, -0.05) is 13.0 Å². The van der Waals surface area contributed by atoms with Crippen LogP contribution in [-0.4, -0.2) is 17.6 Å². The molecule has 0 aliphatic rings. The van der Waals surface area contributed by atoms with Gasteiger partial charge in [0.15, 0.2) is 0 Å². The van der Waals surface area contributed by atoms with Gasteiger partial charge in [-0.15, -0.1) is 11.8 Å². The highest BCUT2D eigenvalue weighted by Gasteiger charge is 2.05. The Kier molecular flexibility index (Phi) is 6.29. The van der Waals surface area contributed by atoms with Gasteiger partial charge in [0.25, 0.3) is 0 Å². The molecule has 1 atom stereocenters. The molecule has 16 heavy (non-hydrogen) atoms. The summed E-state index contributed by atoms with van der Waals surface area (Å²) in [6.45, 7) is 5.02. The van der Waals surface area contributed by atoms with Crippen molar-refractivity contribution < 1.29 is 0 Å². The molecule has 2 nitrogen and oxygen atoms in total. The molecule has 0 radical (unpaired) electrons. The highest BCUT2D eigenvalue weighted by Crippen LogP contribution is 2.04. The van der Waals surface area contributed by atoms with E-state index in [0.29, 0.717) is 6.04 Å². The van der Waals surface area contributed by atoms with Crippen LogP contribution in [0, 0.1) is 11.8 Å². The zero-order valence-corrected chi connectivity index (χ0v) is 10.2. The largest absolute Gasteiger partial charge is 0.313 e. The normalized spacial score (nSPS) is 11.6. The van der Waals surface area contributed by atoms with E-state index in [0.717, 1.165) is 31.5 Å². The average molecular weight is 216 g/mol. The summed E-state index contributed by atoms with van der Waals surface area (Å²) >= 11 is 0.